The Morgan fingerprint density at radius 1 is 1.31 bits per heavy atom. The molecule has 1 heterocycles. The second-order valence-electron chi connectivity index (χ2n) is 5.33. The van der Waals surface area contributed by atoms with Crippen LogP contribution in [0.5, 0.6) is 0 Å². The van der Waals surface area contributed by atoms with Gasteiger partial charge in [-0.2, -0.15) is 0 Å². The monoisotopic (exact) mass is 220 g/mol. The first-order valence-corrected chi connectivity index (χ1v) is 5.42. The molecule has 0 fully saturated rings. The van der Waals surface area contributed by atoms with E-state index in [4.69, 9.17) is 0 Å². The third-order valence-corrected chi connectivity index (χ3v) is 2.54. The summed E-state index contributed by atoms with van der Waals surface area (Å²) >= 11 is 0. The molecule has 0 spiro atoms. The van der Waals surface area contributed by atoms with Crippen LogP contribution in [0.25, 0.3) is 0 Å². The van der Waals surface area contributed by atoms with Crippen molar-refractivity contribution in [3.05, 3.63) is 29.1 Å². The van der Waals surface area contributed by atoms with Gasteiger partial charge in [-0.25, -0.2) is 0 Å². The van der Waals surface area contributed by atoms with Crippen LogP contribution < -0.4 is 0 Å². The van der Waals surface area contributed by atoms with Crippen molar-refractivity contribution in [1.29, 1.82) is 0 Å². The Balaban J connectivity index is 3.15. The highest BCUT2D eigenvalue weighted by Crippen LogP contribution is 2.25. The van der Waals surface area contributed by atoms with Crippen molar-refractivity contribution in [2.24, 2.45) is 0 Å². The van der Waals surface area contributed by atoms with Crippen LogP contribution in [-0.2, 0) is 5.41 Å². The normalized spacial score (nSPS) is 11.4. The molecule has 0 radical (unpaired) electrons. The Labute approximate surface area is 97.5 Å². The summed E-state index contributed by atoms with van der Waals surface area (Å²) in [5.41, 5.74) is 2.88. The van der Waals surface area contributed by atoms with Gasteiger partial charge in [-0.1, -0.05) is 20.8 Å². The van der Waals surface area contributed by atoms with Crippen LogP contribution in [-0.4, -0.2) is 29.9 Å². The number of amides is 1. The van der Waals surface area contributed by atoms with E-state index in [0.29, 0.717) is 5.69 Å². The van der Waals surface area contributed by atoms with E-state index in [1.165, 1.54) is 5.56 Å². The van der Waals surface area contributed by atoms with Gasteiger partial charge in [0.15, 0.2) is 0 Å². The van der Waals surface area contributed by atoms with Gasteiger partial charge in [0.2, 0.25) is 0 Å². The molecule has 16 heavy (non-hydrogen) atoms. The maximum absolute atomic E-state index is 11.7. The molecule has 88 valence electrons. The largest absolute Gasteiger partial charge is 0.343 e. The van der Waals surface area contributed by atoms with Gasteiger partial charge < -0.3 is 4.90 Å². The first-order valence-electron chi connectivity index (χ1n) is 5.42. The molecule has 0 saturated carbocycles. The standard InChI is InChI=1S/C13H20N2O/c1-9-7-11(12(16)15(5)6)14-8-10(9)13(2,3)4/h7-8H,1-6H3. The first-order chi connectivity index (χ1) is 7.23. The lowest BCUT2D eigenvalue weighted by Gasteiger charge is -2.21. The summed E-state index contributed by atoms with van der Waals surface area (Å²) in [5.74, 6) is -0.0523. The zero-order valence-electron chi connectivity index (χ0n) is 11.0. The molecular formula is C13H20N2O. The fourth-order valence-corrected chi connectivity index (χ4v) is 1.69. The molecule has 0 aromatic carbocycles. The lowest BCUT2D eigenvalue weighted by atomic mass is 9.85. The summed E-state index contributed by atoms with van der Waals surface area (Å²) in [7, 11) is 3.47. The first kappa shape index (κ1) is 12.7. The van der Waals surface area contributed by atoms with Gasteiger partial charge in [0.25, 0.3) is 5.91 Å². The molecule has 0 aliphatic heterocycles. The average Bonchev–Trinajstić information content (AvgIpc) is 2.14. The fraction of sp³-hybridized carbons (Fsp3) is 0.538. The molecule has 3 nitrogen and oxygen atoms in total. The molecule has 1 aromatic rings. The van der Waals surface area contributed by atoms with Crippen LogP contribution in [0.2, 0.25) is 0 Å². The molecule has 0 bridgehead atoms. The lowest BCUT2D eigenvalue weighted by Crippen LogP contribution is -2.23. The molecular weight excluding hydrogens is 200 g/mol. The number of pyridine rings is 1. The van der Waals surface area contributed by atoms with Gasteiger partial charge in [0, 0.05) is 20.3 Å². The number of hydrogen-bond acceptors (Lipinski definition) is 2. The number of rotatable bonds is 1. The third kappa shape index (κ3) is 2.60. The minimum atomic E-state index is -0.0523. The molecule has 3 heteroatoms. The highest BCUT2D eigenvalue weighted by atomic mass is 16.2. The van der Waals surface area contributed by atoms with E-state index in [-0.39, 0.29) is 11.3 Å². The Morgan fingerprint density at radius 2 is 1.88 bits per heavy atom. The van der Waals surface area contributed by atoms with Gasteiger partial charge >= 0.3 is 0 Å². The SMILES string of the molecule is Cc1cc(C(=O)N(C)C)ncc1C(C)(C)C. The van der Waals surface area contributed by atoms with Crippen molar-refractivity contribution in [3.63, 3.8) is 0 Å². The highest BCUT2D eigenvalue weighted by molar-refractivity contribution is 5.92. The highest BCUT2D eigenvalue weighted by Gasteiger charge is 2.18. The summed E-state index contributed by atoms with van der Waals surface area (Å²) in [6.07, 6.45) is 1.81. The summed E-state index contributed by atoms with van der Waals surface area (Å²) < 4.78 is 0. The Hall–Kier alpha value is -1.38. The van der Waals surface area contributed by atoms with Gasteiger partial charge in [0.1, 0.15) is 5.69 Å². The molecule has 1 amide bonds. The Kier molecular flexibility index (Phi) is 3.36. The summed E-state index contributed by atoms with van der Waals surface area (Å²) in [6, 6.07) is 1.86. The van der Waals surface area contributed by atoms with Crippen molar-refractivity contribution < 1.29 is 4.79 Å². The van der Waals surface area contributed by atoms with Crippen LogP contribution in [0.4, 0.5) is 0 Å². The molecule has 0 aliphatic rings. The van der Waals surface area contributed by atoms with Gasteiger partial charge in [0.05, 0.1) is 0 Å². The minimum Gasteiger partial charge on any atom is -0.343 e. The van der Waals surface area contributed by atoms with Gasteiger partial charge in [-0.3, -0.25) is 9.78 Å². The second kappa shape index (κ2) is 4.24. The molecule has 0 saturated heterocycles. The maximum Gasteiger partial charge on any atom is 0.271 e. The average molecular weight is 220 g/mol. The van der Waals surface area contributed by atoms with Crippen molar-refractivity contribution in [2.75, 3.05) is 14.1 Å². The smallest absolute Gasteiger partial charge is 0.271 e. The molecule has 1 aromatic heterocycles. The molecule has 0 atom stereocenters. The van der Waals surface area contributed by atoms with Crippen molar-refractivity contribution >= 4 is 5.91 Å². The third-order valence-electron chi connectivity index (χ3n) is 2.54. The molecule has 0 N–H and O–H groups in total. The van der Waals surface area contributed by atoms with E-state index in [9.17, 15) is 4.79 Å². The Bertz CT molecular complexity index is 403. The predicted octanol–water partition coefficient (Wildman–Crippen LogP) is 2.39. The summed E-state index contributed by atoms with van der Waals surface area (Å²) in [5, 5.41) is 0. The van der Waals surface area contributed by atoms with Crippen LogP contribution in [0.3, 0.4) is 0 Å². The maximum atomic E-state index is 11.7. The zero-order chi connectivity index (χ0) is 12.5. The van der Waals surface area contributed by atoms with Gasteiger partial charge in [-0.05, 0) is 29.5 Å². The van der Waals surface area contributed by atoms with Crippen molar-refractivity contribution in [2.45, 2.75) is 33.1 Å². The van der Waals surface area contributed by atoms with Crippen molar-refractivity contribution in [3.8, 4) is 0 Å². The van der Waals surface area contributed by atoms with E-state index < -0.39 is 0 Å². The summed E-state index contributed by atoms with van der Waals surface area (Å²) in [4.78, 5) is 17.5. The fourth-order valence-electron chi connectivity index (χ4n) is 1.69. The van der Waals surface area contributed by atoms with E-state index >= 15 is 0 Å². The minimum absolute atomic E-state index is 0.0523. The quantitative estimate of drug-likeness (QED) is 0.728. The van der Waals surface area contributed by atoms with Crippen LogP contribution in [0.1, 0.15) is 42.4 Å². The van der Waals surface area contributed by atoms with E-state index in [1.807, 2.05) is 19.2 Å². The van der Waals surface area contributed by atoms with E-state index in [1.54, 1.807) is 19.0 Å². The number of nitrogens with zero attached hydrogens (tertiary/aromatic N) is 2. The number of carbonyl (C=O) groups is 1. The van der Waals surface area contributed by atoms with E-state index in [2.05, 4.69) is 25.8 Å². The van der Waals surface area contributed by atoms with Crippen molar-refractivity contribution in [1.82, 2.24) is 9.88 Å². The topological polar surface area (TPSA) is 33.2 Å². The van der Waals surface area contributed by atoms with Crippen LogP contribution >= 0.6 is 0 Å². The second-order valence-corrected chi connectivity index (χ2v) is 5.33. The number of carbonyl (C=O) groups excluding carboxylic acids is 1. The molecule has 0 unspecified atom stereocenters. The van der Waals surface area contributed by atoms with E-state index in [0.717, 1.165) is 5.56 Å². The molecule has 1 rings (SSSR count). The zero-order valence-corrected chi connectivity index (χ0v) is 11.0. The summed E-state index contributed by atoms with van der Waals surface area (Å²) in [6.45, 7) is 8.45. The van der Waals surface area contributed by atoms with Crippen LogP contribution in [0.15, 0.2) is 12.3 Å². The number of aromatic nitrogens is 1. The van der Waals surface area contributed by atoms with Gasteiger partial charge in [-0.15, -0.1) is 0 Å². The number of aryl methyl sites for hydroxylation is 1. The molecule has 0 aliphatic carbocycles. The lowest BCUT2D eigenvalue weighted by molar-refractivity contribution is 0.0822. The Morgan fingerprint density at radius 3 is 2.25 bits per heavy atom. The van der Waals surface area contributed by atoms with Crippen LogP contribution in [0, 0.1) is 6.92 Å². The number of hydrogen-bond donors (Lipinski definition) is 0. The predicted molar refractivity (Wildman–Crippen MR) is 65.7 cm³/mol.